The number of ether oxygens (including phenoxy) is 1. The normalized spacial score (nSPS) is 13.3. The lowest BCUT2D eigenvalue weighted by molar-refractivity contribution is -0.123. The summed E-state index contributed by atoms with van der Waals surface area (Å²) in [6, 6.07) is 8.56. The highest BCUT2D eigenvalue weighted by Gasteiger charge is 2.30. The van der Waals surface area contributed by atoms with E-state index >= 15 is 0 Å². The molecule has 3 nitrogen and oxygen atoms in total. The number of carbonyl (C=O) groups is 1. The van der Waals surface area contributed by atoms with Crippen molar-refractivity contribution < 1.29 is 22.7 Å². The third-order valence-electron chi connectivity index (χ3n) is 4.00. The number of amides is 1. The van der Waals surface area contributed by atoms with E-state index in [0.29, 0.717) is 30.5 Å². The molecule has 0 aliphatic rings. The van der Waals surface area contributed by atoms with E-state index in [-0.39, 0.29) is 0 Å². The van der Waals surface area contributed by atoms with E-state index in [1.165, 1.54) is 30.2 Å². The summed E-state index contributed by atoms with van der Waals surface area (Å²) < 4.78 is 45.7. The second kappa shape index (κ2) is 8.67. The summed E-state index contributed by atoms with van der Waals surface area (Å²) in [4.78, 5) is 13.1. The molecular weight excluding hydrogens is 331 g/mol. The first-order chi connectivity index (χ1) is 12.0. The number of benzene rings is 2. The van der Waals surface area contributed by atoms with Crippen molar-refractivity contribution in [2.45, 2.75) is 25.5 Å². The first-order valence-electron chi connectivity index (χ1n) is 7.96. The molecule has 0 saturated heterocycles. The van der Waals surface area contributed by atoms with Crippen molar-refractivity contribution in [1.82, 2.24) is 4.90 Å². The second-order valence-electron chi connectivity index (χ2n) is 5.67. The van der Waals surface area contributed by atoms with Crippen molar-refractivity contribution in [3.8, 4) is 0 Å². The maximum atomic E-state index is 13.7. The van der Waals surface area contributed by atoms with Crippen LogP contribution in [0.2, 0.25) is 0 Å². The van der Waals surface area contributed by atoms with Gasteiger partial charge >= 0.3 is 0 Å². The minimum Gasteiger partial charge on any atom is -0.374 e. The third-order valence-corrected chi connectivity index (χ3v) is 4.00. The Morgan fingerprint density at radius 3 is 2.20 bits per heavy atom. The molecule has 0 unspecified atom stereocenters. The Morgan fingerprint density at radius 2 is 1.68 bits per heavy atom. The molecule has 0 bridgehead atoms. The average molecular weight is 351 g/mol. The predicted molar refractivity (Wildman–Crippen MR) is 88.3 cm³/mol. The topological polar surface area (TPSA) is 29.5 Å². The summed E-state index contributed by atoms with van der Waals surface area (Å²) in [6.45, 7) is 2.35. The van der Waals surface area contributed by atoms with Crippen molar-refractivity contribution >= 4 is 6.41 Å². The quantitative estimate of drug-likeness (QED) is 0.660. The first kappa shape index (κ1) is 19.0. The summed E-state index contributed by atoms with van der Waals surface area (Å²) in [5.74, 6) is -2.36. The lowest BCUT2D eigenvalue weighted by Gasteiger charge is -2.34. The van der Waals surface area contributed by atoms with Crippen molar-refractivity contribution in [3.63, 3.8) is 0 Å². The Labute approximate surface area is 145 Å². The van der Waals surface area contributed by atoms with Gasteiger partial charge in [-0.2, -0.15) is 0 Å². The van der Waals surface area contributed by atoms with Gasteiger partial charge in [-0.05, 0) is 41.8 Å². The average Bonchev–Trinajstić information content (AvgIpc) is 2.61. The van der Waals surface area contributed by atoms with Crippen LogP contribution >= 0.6 is 0 Å². The molecule has 0 N–H and O–H groups in total. The molecule has 1 amide bonds. The molecule has 0 spiro atoms. The van der Waals surface area contributed by atoms with Gasteiger partial charge < -0.3 is 9.64 Å². The largest absolute Gasteiger partial charge is 0.374 e. The van der Waals surface area contributed by atoms with E-state index in [1.54, 1.807) is 12.1 Å². The van der Waals surface area contributed by atoms with Crippen LogP contribution in [0.5, 0.6) is 0 Å². The molecule has 2 rings (SSSR count). The number of halogens is 3. The number of hydrogen-bond donors (Lipinski definition) is 0. The summed E-state index contributed by atoms with van der Waals surface area (Å²) in [5.41, 5.74) is 1.03. The molecule has 2 aromatic carbocycles. The highest BCUT2D eigenvalue weighted by molar-refractivity contribution is 5.49. The number of rotatable bonds is 8. The molecule has 134 valence electrons. The molecule has 0 radical (unpaired) electrons. The molecule has 0 aliphatic carbocycles. The molecule has 0 fully saturated rings. The van der Waals surface area contributed by atoms with Gasteiger partial charge in [0.05, 0.1) is 6.04 Å². The number of methoxy groups -OCH3 is 1. The van der Waals surface area contributed by atoms with Gasteiger partial charge in [0.25, 0.3) is 0 Å². The molecule has 2 atom stereocenters. The van der Waals surface area contributed by atoms with Crippen LogP contribution in [0.25, 0.3) is 0 Å². The molecule has 2 aromatic rings. The summed E-state index contributed by atoms with van der Waals surface area (Å²) in [7, 11) is 1.43. The van der Waals surface area contributed by atoms with Crippen molar-refractivity contribution in [2.24, 2.45) is 0 Å². The first-order valence-corrected chi connectivity index (χ1v) is 7.96. The van der Waals surface area contributed by atoms with E-state index in [4.69, 9.17) is 4.74 Å². The fourth-order valence-electron chi connectivity index (χ4n) is 2.85. The van der Waals surface area contributed by atoms with Gasteiger partial charge in [0.2, 0.25) is 6.41 Å². The van der Waals surface area contributed by atoms with E-state index in [0.717, 1.165) is 12.1 Å². The van der Waals surface area contributed by atoms with E-state index in [2.05, 4.69) is 0 Å². The fourth-order valence-corrected chi connectivity index (χ4v) is 2.85. The van der Waals surface area contributed by atoms with Gasteiger partial charge in [-0.15, -0.1) is 0 Å². The number of nitrogens with zero attached hydrogens (tertiary/aromatic N) is 1. The van der Waals surface area contributed by atoms with Crippen LogP contribution in [0.15, 0.2) is 42.5 Å². The van der Waals surface area contributed by atoms with E-state index in [9.17, 15) is 18.0 Å². The Kier molecular flexibility index (Phi) is 6.58. The van der Waals surface area contributed by atoms with Crippen molar-refractivity contribution in [3.05, 3.63) is 71.0 Å². The fraction of sp³-hybridized carbons (Fsp3) is 0.316. The molecule has 0 aromatic heterocycles. The Bertz CT molecular complexity index is 706. The van der Waals surface area contributed by atoms with Crippen LogP contribution in [0.4, 0.5) is 13.2 Å². The summed E-state index contributed by atoms with van der Waals surface area (Å²) in [6.07, 6.45) is 0.644. The number of hydrogen-bond acceptors (Lipinski definition) is 2. The zero-order chi connectivity index (χ0) is 18.4. The minimum absolute atomic E-state index is 0.388. The number of carbonyl (C=O) groups excluding carboxylic acids is 1. The highest BCUT2D eigenvalue weighted by atomic mass is 19.2. The van der Waals surface area contributed by atoms with E-state index in [1.807, 2.05) is 6.92 Å². The molecular formula is C19H20F3NO2. The zero-order valence-corrected chi connectivity index (χ0v) is 14.1. The van der Waals surface area contributed by atoms with Crippen molar-refractivity contribution in [1.29, 1.82) is 0 Å². The Hall–Kier alpha value is -2.34. The standard InChI is InChI=1S/C19H20F3NO2/c1-3-10-23(12-24)18(13-4-7-15(20)8-5-13)19(25-2)14-6-9-16(21)17(22)11-14/h4-9,11-12,18-19H,3,10H2,1-2H3/t18-,19+/m1/s1. The maximum Gasteiger partial charge on any atom is 0.210 e. The maximum absolute atomic E-state index is 13.7. The third kappa shape index (κ3) is 4.39. The predicted octanol–water partition coefficient (Wildman–Crippen LogP) is 4.40. The van der Waals surface area contributed by atoms with Crippen LogP contribution in [-0.4, -0.2) is 25.0 Å². The zero-order valence-electron chi connectivity index (χ0n) is 14.1. The Balaban J connectivity index is 2.51. The molecule has 0 aliphatic heterocycles. The smallest absolute Gasteiger partial charge is 0.210 e. The Morgan fingerprint density at radius 1 is 1.04 bits per heavy atom. The second-order valence-corrected chi connectivity index (χ2v) is 5.67. The minimum atomic E-state index is -0.995. The highest BCUT2D eigenvalue weighted by Crippen LogP contribution is 2.36. The van der Waals surface area contributed by atoms with Gasteiger partial charge in [-0.25, -0.2) is 13.2 Å². The van der Waals surface area contributed by atoms with Crippen LogP contribution in [0, 0.1) is 17.5 Å². The lowest BCUT2D eigenvalue weighted by Crippen LogP contribution is -2.33. The van der Waals surface area contributed by atoms with Crippen LogP contribution in [-0.2, 0) is 9.53 Å². The van der Waals surface area contributed by atoms with Gasteiger partial charge in [-0.3, -0.25) is 4.79 Å². The molecule has 0 saturated carbocycles. The molecule has 0 heterocycles. The van der Waals surface area contributed by atoms with E-state index < -0.39 is 29.6 Å². The van der Waals surface area contributed by atoms with Gasteiger partial charge in [0.1, 0.15) is 11.9 Å². The lowest BCUT2D eigenvalue weighted by atomic mass is 9.94. The summed E-state index contributed by atoms with van der Waals surface area (Å²) >= 11 is 0. The van der Waals surface area contributed by atoms with Crippen molar-refractivity contribution in [2.75, 3.05) is 13.7 Å². The van der Waals surface area contributed by atoms with Crippen LogP contribution in [0.3, 0.4) is 0 Å². The molecule has 25 heavy (non-hydrogen) atoms. The van der Waals surface area contributed by atoms with Crippen LogP contribution < -0.4 is 0 Å². The van der Waals surface area contributed by atoms with Gasteiger partial charge in [-0.1, -0.05) is 25.1 Å². The molecule has 6 heteroatoms. The monoisotopic (exact) mass is 351 g/mol. The van der Waals surface area contributed by atoms with Crippen LogP contribution in [0.1, 0.15) is 36.6 Å². The summed E-state index contributed by atoms with van der Waals surface area (Å²) in [5, 5.41) is 0. The SMILES string of the molecule is CCCN(C=O)[C@H](c1ccc(F)cc1)[C@@H](OC)c1ccc(F)c(F)c1. The van der Waals surface area contributed by atoms with Gasteiger partial charge in [0.15, 0.2) is 11.6 Å². The van der Waals surface area contributed by atoms with Gasteiger partial charge in [0, 0.05) is 13.7 Å².